The summed E-state index contributed by atoms with van der Waals surface area (Å²) in [5, 5.41) is 6.26. The van der Waals surface area contributed by atoms with Crippen LogP contribution in [0.3, 0.4) is 0 Å². The summed E-state index contributed by atoms with van der Waals surface area (Å²) in [7, 11) is 0. The number of benzene rings is 3. The van der Waals surface area contributed by atoms with Crippen molar-refractivity contribution in [3.05, 3.63) is 82.5 Å². The van der Waals surface area contributed by atoms with Crippen molar-refractivity contribution in [2.45, 2.75) is 6.92 Å². The second-order valence-electron chi connectivity index (χ2n) is 7.08. The number of halogens is 1. The summed E-state index contributed by atoms with van der Waals surface area (Å²) >= 11 is 3.35. The maximum atomic E-state index is 12.6. The van der Waals surface area contributed by atoms with E-state index in [9.17, 15) is 9.59 Å². The number of pyridine rings is 1. The molecule has 7 heteroatoms. The van der Waals surface area contributed by atoms with E-state index in [0.717, 1.165) is 26.1 Å². The Morgan fingerprint density at radius 3 is 2.62 bits per heavy atom. The lowest BCUT2D eigenvalue weighted by molar-refractivity contribution is -0.343. The second-order valence-corrected chi connectivity index (χ2v) is 8.00. The van der Waals surface area contributed by atoms with E-state index in [0.29, 0.717) is 23.4 Å². The highest BCUT2D eigenvalue weighted by atomic mass is 79.9. The number of carbonyl (C=O) groups is 2. The molecular formula is C25H22BrN2O4+. The molecule has 162 valence electrons. The number of aromatic nitrogens is 1. The molecule has 0 unspecified atom stereocenters. The first-order chi connectivity index (χ1) is 15.6. The average Bonchev–Trinajstić information content (AvgIpc) is 2.81. The normalized spacial score (nSPS) is 10.8. The van der Waals surface area contributed by atoms with Gasteiger partial charge >= 0.3 is 11.9 Å². The molecule has 4 rings (SSSR count). The lowest BCUT2D eigenvalue weighted by atomic mass is 10.0. The van der Waals surface area contributed by atoms with Crippen LogP contribution in [0.1, 0.15) is 27.6 Å². The molecular weight excluding hydrogens is 472 g/mol. The molecule has 32 heavy (non-hydrogen) atoms. The first-order valence-electron chi connectivity index (χ1n) is 10.3. The molecule has 1 aromatic heterocycles. The van der Waals surface area contributed by atoms with Crippen LogP contribution in [-0.4, -0.2) is 31.7 Å². The molecule has 3 aromatic carbocycles. The minimum Gasteiger partial charge on any atom is -0.462 e. The molecule has 0 saturated carbocycles. The van der Waals surface area contributed by atoms with Crippen molar-refractivity contribution in [1.29, 1.82) is 0 Å². The van der Waals surface area contributed by atoms with Gasteiger partial charge in [-0.15, -0.1) is 0 Å². The number of nitrogens with one attached hydrogen (secondary N) is 2. The summed E-state index contributed by atoms with van der Waals surface area (Å²) in [4.78, 5) is 28.1. The lowest BCUT2D eigenvalue weighted by Gasteiger charge is -2.13. The van der Waals surface area contributed by atoms with E-state index in [4.69, 9.17) is 9.47 Å². The number of esters is 2. The van der Waals surface area contributed by atoms with Crippen molar-refractivity contribution in [2.24, 2.45) is 0 Å². The Hall–Kier alpha value is -3.45. The Morgan fingerprint density at radius 2 is 1.81 bits per heavy atom. The van der Waals surface area contributed by atoms with E-state index in [1.165, 1.54) is 0 Å². The largest absolute Gasteiger partial charge is 0.462 e. The number of anilines is 1. The molecule has 0 fully saturated rings. The third-order valence-corrected chi connectivity index (χ3v) is 5.51. The number of H-pyrrole nitrogens is 1. The first-order valence-corrected chi connectivity index (χ1v) is 11.1. The van der Waals surface area contributed by atoms with Crippen LogP contribution in [0.25, 0.3) is 21.7 Å². The van der Waals surface area contributed by atoms with E-state index in [1.807, 2.05) is 42.5 Å². The van der Waals surface area contributed by atoms with E-state index in [-0.39, 0.29) is 13.2 Å². The average molecular weight is 494 g/mol. The fraction of sp³-hybridized carbons (Fsp3) is 0.160. The van der Waals surface area contributed by atoms with E-state index in [1.54, 1.807) is 31.3 Å². The molecule has 0 atom stereocenters. The van der Waals surface area contributed by atoms with Crippen LogP contribution in [0.4, 0.5) is 5.69 Å². The standard InChI is InChI=1S/C25H21BrN2O4/c1-2-31-25(30)21-15-28-22-19-9-4-3-6-16(19)10-11-20(22)23(21)27-12-13-32-24(29)17-7-5-8-18(26)14-17/h3-11,14-15H,2,12-13H2,1H3,(H,27,28)/p+1. The third kappa shape index (κ3) is 4.57. The van der Waals surface area contributed by atoms with Gasteiger partial charge in [-0.1, -0.05) is 46.3 Å². The number of carbonyl (C=O) groups excluding carboxylic acids is 2. The lowest BCUT2D eigenvalue weighted by Crippen LogP contribution is -2.19. The summed E-state index contributed by atoms with van der Waals surface area (Å²) in [6, 6.07) is 19.0. The molecule has 4 aromatic rings. The molecule has 0 saturated heterocycles. The summed E-state index contributed by atoms with van der Waals surface area (Å²) < 4.78 is 11.4. The molecule has 2 N–H and O–H groups in total. The number of hydrogen-bond acceptors (Lipinski definition) is 5. The van der Waals surface area contributed by atoms with Gasteiger partial charge in [0.25, 0.3) is 0 Å². The SMILES string of the molecule is CCOC(=O)c1c[nH+]c2c(ccc3ccccc32)c1NCCOC(=O)c1cccc(Br)c1. The molecule has 0 amide bonds. The number of fused-ring (bicyclic) bond motifs is 3. The van der Waals surface area contributed by atoms with Gasteiger partial charge in [-0.05, 0) is 42.6 Å². The topological polar surface area (TPSA) is 78.8 Å². The Bertz CT molecular complexity index is 1310. The summed E-state index contributed by atoms with van der Waals surface area (Å²) in [6.45, 7) is 2.52. The van der Waals surface area contributed by atoms with Crippen LogP contribution in [0.5, 0.6) is 0 Å². The Morgan fingerprint density at radius 1 is 0.969 bits per heavy atom. The molecule has 0 radical (unpaired) electrons. The van der Waals surface area contributed by atoms with Gasteiger partial charge in [-0.2, -0.15) is 0 Å². The molecule has 1 heterocycles. The zero-order valence-corrected chi connectivity index (χ0v) is 19.1. The maximum Gasteiger partial charge on any atom is 0.346 e. The first kappa shape index (κ1) is 21.8. The molecule has 6 nitrogen and oxygen atoms in total. The van der Waals surface area contributed by atoms with E-state index < -0.39 is 11.9 Å². The fourth-order valence-corrected chi connectivity index (χ4v) is 3.98. The molecule has 0 aliphatic rings. The van der Waals surface area contributed by atoms with E-state index >= 15 is 0 Å². The minimum atomic E-state index is -0.424. The Kier molecular flexibility index (Phi) is 6.66. The van der Waals surface area contributed by atoms with Crippen molar-refractivity contribution < 1.29 is 24.0 Å². The van der Waals surface area contributed by atoms with Gasteiger partial charge in [0.05, 0.1) is 28.6 Å². The predicted octanol–water partition coefficient (Wildman–Crippen LogP) is 5.02. The van der Waals surface area contributed by atoms with Gasteiger partial charge in [0, 0.05) is 11.0 Å². The van der Waals surface area contributed by atoms with Gasteiger partial charge in [0.15, 0.2) is 6.20 Å². The van der Waals surface area contributed by atoms with Gasteiger partial charge in [0.1, 0.15) is 12.2 Å². The zero-order valence-electron chi connectivity index (χ0n) is 17.5. The highest BCUT2D eigenvalue weighted by molar-refractivity contribution is 9.10. The quantitative estimate of drug-likeness (QED) is 0.222. The van der Waals surface area contributed by atoms with Crippen molar-refractivity contribution in [1.82, 2.24) is 0 Å². The monoisotopic (exact) mass is 493 g/mol. The van der Waals surface area contributed by atoms with Gasteiger partial charge in [-0.25, -0.2) is 14.6 Å². The van der Waals surface area contributed by atoms with Crippen LogP contribution in [0.2, 0.25) is 0 Å². The molecule has 0 spiro atoms. The summed E-state index contributed by atoms with van der Waals surface area (Å²) in [5.74, 6) is -0.830. The van der Waals surface area contributed by atoms with Crippen molar-refractivity contribution in [2.75, 3.05) is 25.1 Å². The highest BCUT2D eigenvalue weighted by Gasteiger charge is 2.21. The fourth-order valence-electron chi connectivity index (χ4n) is 3.58. The Labute approximate surface area is 193 Å². The van der Waals surface area contributed by atoms with Gasteiger partial charge in [0.2, 0.25) is 5.52 Å². The number of ether oxygens (including phenoxy) is 2. The van der Waals surface area contributed by atoms with E-state index in [2.05, 4.69) is 26.2 Å². The summed E-state index contributed by atoms with van der Waals surface area (Å²) in [5.41, 5.74) is 2.41. The maximum absolute atomic E-state index is 12.6. The summed E-state index contributed by atoms with van der Waals surface area (Å²) in [6.07, 6.45) is 1.66. The smallest absolute Gasteiger partial charge is 0.346 e. The van der Waals surface area contributed by atoms with Crippen molar-refractivity contribution >= 4 is 55.2 Å². The number of hydrogen-bond donors (Lipinski definition) is 1. The zero-order chi connectivity index (χ0) is 22.5. The van der Waals surface area contributed by atoms with Crippen LogP contribution in [0.15, 0.2) is 71.3 Å². The molecule has 0 bridgehead atoms. The number of rotatable bonds is 7. The second kappa shape index (κ2) is 9.78. The van der Waals surface area contributed by atoms with Crippen LogP contribution >= 0.6 is 15.9 Å². The van der Waals surface area contributed by atoms with Crippen LogP contribution < -0.4 is 10.3 Å². The van der Waals surface area contributed by atoms with Crippen molar-refractivity contribution in [3.63, 3.8) is 0 Å². The molecule has 0 aliphatic heterocycles. The van der Waals surface area contributed by atoms with Crippen molar-refractivity contribution in [3.8, 4) is 0 Å². The Balaban J connectivity index is 1.59. The molecule has 0 aliphatic carbocycles. The van der Waals surface area contributed by atoms with Crippen LogP contribution in [0, 0.1) is 0 Å². The van der Waals surface area contributed by atoms with Crippen LogP contribution in [-0.2, 0) is 9.47 Å². The van der Waals surface area contributed by atoms with Gasteiger partial charge in [-0.3, -0.25) is 0 Å². The predicted molar refractivity (Wildman–Crippen MR) is 127 cm³/mol. The third-order valence-electron chi connectivity index (χ3n) is 5.02. The highest BCUT2D eigenvalue weighted by Crippen LogP contribution is 2.30. The van der Waals surface area contributed by atoms with Gasteiger partial charge < -0.3 is 14.8 Å². The number of aromatic amines is 1. The minimum absolute atomic E-state index is 0.140.